The van der Waals surface area contributed by atoms with Crippen LogP contribution in [0, 0.1) is 16.0 Å². The molecule has 0 fully saturated rings. The third-order valence-electron chi connectivity index (χ3n) is 3.35. The lowest BCUT2D eigenvalue weighted by atomic mass is 9.94. The molecule has 106 valence electrons. The molecule has 1 unspecified atom stereocenters. The zero-order valence-corrected chi connectivity index (χ0v) is 12.4. The smallest absolute Gasteiger partial charge is 0.284 e. The van der Waals surface area contributed by atoms with Crippen LogP contribution in [0.4, 0.5) is 5.69 Å². The van der Waals surface area contributed by atoms with Crippen molar-refractivity contribution in [2.45, 2.75) is 19.3 Å². The molecule has 0 aromatic heterocycles. The first kappa shape index (κ1) is 14.7. The number of hydrogen-bond acceptors (Lipinski definition) is 3. The molecule has 2 rings (SSSR count). The summed E-state index contributed by atoms with van der Waals surface area (Å²) >= 11 is 3.13. The van der Waals surface area contributed by atoms with Gasteiger partial charge >= 0.3 is 0 Å². The van der Waals surface area contributed by atoms with Crippen molar-refractivity contribution in [2.24, 2.45) is 5.92 Å². The van der Waals surface area contributed by atoms with Gasteiger partial charge in [0, 0.05) is 12.6 Å². The van der Waals surface area contributed by atoms with E-state index in [9.17, 15) is 14.9 Å². The molecule has 0 aliphatic heterocycles. The fraction of sp³-hybridized carbons (Fsp3) is 0.357. The lowest BCUT2D eigenvalue weighted by molar-refractivity contribution is -0.385. The standard InChI is InChI=1S/C14H15BrN2O3/c15-13-11(7-4-8-12(13)17(19)20)14(18)16-9-10-5-2-1-3-6-10/h1-2,4,7-8,10H,3,5-6,9H2,(H,16,18). The van der Waals surface area contributed by atoms with Gasteiger partial charge in [-0.15, -0.1) is 0 Å². The van der Waals surface area contributed by atoms with Gasteiger partial charge in [-0.3, -0.25) is 14.9 Å². The van der Waals surface area contributed by atoms with Crippen LogP contribution < -0.4 is 5.32 Å². The van der Waals surface area contributed by atoms with E-state index in [0.717, 1.165) is 19.3 Å². The number of amides is 1. The highest BCUT2D eigenvalue weighted by Crippen LogP contribution is 2.28. The average Bonchev–Trinajstić information content (AvgIpc) is 2.46. The van der Waals surface area contributed by atoms with E-state index in [0.29, 0.717) is 18.0 Å². The highest BCUT2D eigenvalue weighted by Gasteiger charge is 2.20. The van der Waals surface area contributed by atoms with Crippen LogP contribution >= 0.6 is 15.9 Å². The molecule has 0 heterocycles. The first-order valence-electron chi connectivity index (χ1n) is 6.45. The van der Waals surface area contributed by atoms with E-state index >= 15 is 0 Å². The summed E-state index contributed by atoms with van der Waals surface area (Å²) in [6, 6.07) is 4.46. The van der Waals surface area contributed by atoms with Crippen molar-refractivity contribution in [1.29, 1.82) is 0 Å². The van der Waals surface area contributed by atoms with Gasteiger partial charge in [-0.05, 0) is 47.2 Å². The second kappa shape index (κ2) is 6.65. The molecular weight excluding hydrogens is 324 g/mol. The molecule has 1 aromatic rings. The van der Waals surface area contributed by atoms with Crippen LogP contribution in [-0.4, -0.2) is 17.4 Å². The van der Waals surface area contributed by atoms with E-state index in [2.05, 4.69) is 33.4 Å². The minimum atomic E-state index is -0.507. The normalized spacial score (nSPS) is 17.8. The summed E-state index contributed by atoms with van der Waals surface area (Å²) in [6.07, 6.45) is 7.35. The minimum absolute atomic E-state index is 0.0988. The van der Waals surface area contributed by atoms with Crippen LogP contribution in [0.15, 0.2) is 34.8 Å². The summed E-state index contributed by atoms with van der Waals surface area (Å²) in [6.45, 7) is 0.596. The number of carbonyl (C=O) groups excluding carboxylic acids is 1. The maximum atomic E-state index is 12.1. The van der Waals surface area contributed by atoms with Crippen molar-refractivity contribution in [3.8, 4) is 0 Å². The predicted octanol–water partition coefficient (Wildman–Crippen LogP) is 3.44. The van der Waals surface area contributed by atoms with Crippen molar-refractivity contribution in [3.05, 3.63) is 50.5 Å². The molecule has 0 saturated heterocycles. The van der Waals surface area contributed by atoms with Gasteiger partial charge < -0.3 is 5.32 Å². The number of nitrogens with zero attached hydrogens (tertiary/aromatic N) is 1. The number of nitrogens with one attached hydrogen (secondary N) is 1. The number of benzene rings is 1. The minimum Gasteiger partial charge on any atom is -0.352 e. The quantitative estimate of drug-likeness (QED) is 0.519. The van der Waals surface area contributed by atoms with Crippen molar-refractivity contribution in [1.82, 2.24) is 5.32 Å². The van der Waals surface area contributed by atoms with Crippen LogP contribution in [0.25, 0.3) is 0 Å². The molecule has 1 amide bonds. The Balaban J connectivity index is 2.04. The Morgan fingerprint density at radius 1 is 1.45 bits per heavy atom. The Bertz CT molecular complexity index is 557. The largest absolute Gasteiger partial charge is 0.352 e. The van der Waals surface area contributed by atoms with Gasteiger partial charge in [0.25, 0.3) is 11.6 Å². The first-order chi connectivity index (χ1) is 9.59. The number of hydrogen-bond donors (Lipinski definition) is 1. The second-order valence-electron chi connectivity index (χ2n) is 4.76. The molecule has 1 aliphatic carbocycles. The number of rotatable bonds is 4. The monoisotopic (exact) mass is 338 g/mol. The average molecular weight is 339 g/mol. The molecule has 1 N–H and O–H groups in total. The summed E-state index contributed by atoms with van der Waals surface area (Å²) in [5.41, 5.74) is 0.198. The van der Waals surface area contributed by atoms with Gasteiger partial charge in [0.2, 0.25) is 0 Å². The number of halogens is 1. The second-order valence-corrected chi connectivity index (χ2v) is 5.55. The summed E-state index contributed by atoms with van der Waals surface area (Å²) in [5.74, 6) is 0.163. The molecule has 1 aliphatic rings. The number of nitro groups is 1. The molecule has 0 bridgehead atoms. The lowest BCUT2D eigenvalue weighted by Gasteiger charge is -2.18. The van der Waals surface area contributed by atoms with E-state index in [-0.39, 0.29) is 16.1 Å². The zero-order valence-electron chi connectivity index (χ0n) is 10.8. The fourth-order valence-electron chi connectivity index (χ4n) is 2.21. The first-order valence-corrected chi connectivity index (χ1v) is 7.25. The van der Waals surface area contributed by atoms with Crippen molar-refractivity contribution in [3.63, 3.8) is 0 Å². The molecule has 0 spiro atoms. The summed E-state index contributed by atoms with van der Waals surface area (Å²) in [7, 11) is 0. The number of nitro benzene ring substituents is 1. The van der Waals surface area contributed by atoms with Crippen LogP contribution in [0.3, 0.4) is 0 Å². The van der Waals surface area contributed by atoms with E-state index in [1.54, 1.807) is 6.07 Å². The zero-order chi connectivity index (χ0) is 14.5. The lowest BCUT2D eigenvalue weighted by Crippen LogP contribution is -2.30. The topological polar surface area (TPSA) is 72.2 Å². The molecule has 20 heavy (non-hydrogen) atoms. The highest BCUT2D eigenvalue weighted by molar-refractivity contribution is 9.10. The van der Waals surface area contributed by atoms with Crippen LogP contribution in [-0.2, 0) is 0 Å². The van der Waals surface area contributed by atoms with E-state index in [4.69, 9.17) is 0 Å². The molecule has 6 heteroatoms. The van der Waals surface area contributed by atoms with Gasteiger partial charge in [0.15, 0.2) is 0 Å². The Labute approximate surface area is 125 Å². The number of allylic oxidation sites excluding steroid dienone is 2. The van der Waals surface area contributed by atoms with Gasteiger partial charge in [0.05, 0.1) is 10.5 Å². The van der Waals surface area contributed by atoms with Gasteiger partial charge in [-0.25, -0.2) is 0 Å². The Morgan fingerprint density at radius 2 is 2.25 bits per heavy atom. The summed E-state index contributed by atoms with van der Waals surface area (Å²) < 4.78 is 0.228. The highest BCUT2D eigenvalue weighted by atomic mass is 79.9. The number of carbonyl (C=O) groups is 1. The summed E-state index contributed by atoms with van der Waals surface area (Å²) in [5, 5.41) is 13.7. The third-order valence-corrected chi connectivity index (χ3v) is 4.18. The third kappa shape index (κ3) is 3.45. The molecule has 0 radical (unpaired) electrons. The molecule has 0 saturated carbocycles. The van der Waals surface area contributed by atoms with Crippen molar-refractivity contribution >= 4 is 27.5 Å². The molecule has 5 nitrogen and oxygen atoms in total. The van der Waals surface area contributed by atoms with Crippen molar-refractivity contribution in [2.75, 3.05) is 6.54 Å². The van der Waals surface area contributed by atoms with Crippen molar-refractivity contribution < 1.29 is 9.72 Å². The summed E-state index contributed by atoms with van der Waals surface area (Å²) in [4.78, 5) is 22.4. The SMILES string of the molecule is O=C(NCC1CC=CCC1)c1cccc([N+](=O)[O-])c1Br. The maximum Gasteiger partial charge on any atom is 0.284 e. The Hall–Kier alpha value is -1.69. The van der Waals surface area contributed by atoms with E-state index in [1.807, 2.05) is 0 Å². The maximum absolute atomic E-state index is 12.1. The van der Waals surface area contributed by atoms with Gasteiger partial charge in [-0.1, -0.05) is 18.2 Å². The van der Waals surface area contributed by atoms with Crippen LogP contribution in [0.2, 0.25) is 0 Å². The predicted molar refractivity (Wildman–Crippen MR) is 79.6 cm³/mol. The van der Waals surface area contributed by atoms with Gasteiger partial charge in [0.1, 0.15) is 4.47 Å². The van der Waals surface area contributed by atoms with E-state index in [1.165, 1.54) is 12.1 Å². The van der Waals surface area contributed by atoms with Crippen LogP contribution in [0.1, 0.15) is 29.6 Å². The molecule has 1 aromatic carbocycles. The van der Waals surface area contributed by atoms with E-state index < -0.39 is 4.92 Å². The Kier molecular flexibility index (Phi) is 4.89. The molecule has 1 atom stereocenters. The Morgan fingerprint density at radius 3 is 2.90 bits per heavy atom. The van der Waals surface area contributed by atoms with Crippen LogP contribution in [0.5, 0.6) is 0 Å². The van der Waals surface area contributed by atoms with Gasteiger partial charge in [-0.2, -0.15) is 0 Å². The molecular formula is C14H15BrN2O3. The fourth-order valence-corrected chi connectivity index (χ4v) is 2.80.